The molecule has 1 aliphatic rings. The Balaban J connectivity index is 1.95. The second kappa shape index (κ2) is 7.78. The normalized spacial score (nSPS) is 16.2. The first kappa shape index (κ1) is 20.5. The van der Waals surface area contributed by atoms with E-state index in [4.69, 9.17) is 0 Å². The average molecular weight is 410 g/mol. The Morgan fingerprint density at radius 2 is 1.63 bits per heavy atom. The van der Waals surface area contributed by atoms with Crippen LogP contribution < -0.4 is 4.90 Å². The van der Waals surface area contributed by atoms with Crippen LogP contribution in [0.5, 0.6) is 0 Å². The lowest BCUT2D eigenvalue weighted by Crippen LogP contribution is -2.35. The molecule has 1 saturated carbocycles. The Hall–Kier alpha value is -2.82. The highest BCUT2D eigenvalue weighted by atomic mass is 19.4. The summed E-state index contributed by atoms with van der Waals surface area (Å²) in [6, 6.07) is 20.5. The first-order valence-corrected chi connectivity index (χ1v) is 10.2. The largest absolute Gasteiger partial charge is 0.418 e. The lowest BCUT2D eigenvalue weighted by atomic mass is 9.68. The number of hydrogen-bond acceptors (Lipinski definition) is 2. The first-order chi connectivity index (χ1) is 14.3. The van der Waals surface area contributed by atoms with Crippen molar-refractivity contribution in [3.63, 3.8) is 0 Å². The summed E-state index contributed by atoms with van der Waals surface area (Å²) in [5.74, 6) is 0.263. The maximum Gasteiger partial charge on any atom is 0.418 e. The van der Waals surface area contributed by atoms with Gasteiger partial charge in [0.2, 0.25) is 0 Å². The number of halogens is 3. The van der Waals surface area contributed by atoms with Crippen molar-refractivity contribution in [3.8, 4) is 0 Å². The number of rotatable bonds is 6. The fourth-order valence-corrected chi connectivity index (χ4v) is 4.48. The van der Waals surface area contributed by atoms with Crippen molar-refractivity contribution in [2.24, 2.45) is 5.92 Å². The predicted molar refractivity (Wildman–Crippen MR) is 114 cm³/mol. The van der Waals surface area contributed by atoms with Gasteiger partial charge in [0.15, 0.2) is 0 Å². The van der Waals surface area contributed by atoms with E-state index in [1.807, 2.05) is 54.6 Å². The standard InChI is InChI=1S/C25H25F3N2/c1-30(2)22-14-13-20(16-21(22)25(26,27)28)24(19-11-12-19,23-10-6-7-15-29-23)17-18-8-4-3-5-9-18/h3-10,13-16,19H,11-12,17H2,1-2H3. The van der Waals surface area contributed by atoms with Gasteiger partial charge in [0.25, 0.3) is 0 Å². The Kier molecular flexibility index (Phi) is 5.31. The van der Waals surface area contributed by atoms with E-state index < -0.39 is 17.2 Å². The third-order valence-corrected chi connectivity index (χ3v) is 6.02. The van der Waals surface area contributed by atoms with Crippen LogP contribution in [0.1, 0.15) is 35.2 Å². The maximum atomic E-state index is 14.0. The zero-order valence-electron chi connectivity index (χ0n) is 17.2. The average Bonchev–Trinajstić information content (AvgIpc) is 3.58. The van der Waals surface area contributed by atoms with Crippen LogP contribution in [0, 0.1) is 5.92 Å². The highest BCUT2D eigenvalue weighted by molar-refractivity contribution is 5.58. The monoisotopic (exact) mass is 410 g/mol. The highest BCUT2D eigenvalue weighted by Crippen LogP contribution is 2.53. The van der Waals surface area contributed by atoms with Crippen LogP contribution in [0.25, 0.3) is 0 Å². The molecule has 1 fully saturated rings. The van der Waals surface area contributed by atoms with Gasteiger partial charge in [-0.2, -0.15) is 13.2 Å². The molecule has 0 bridgehead atoms. The summed E-state index contributed by atoms with van der Waals surface area (Å²) in [7, 11) is 3.28. The lowest BCUT2D eigenvalue weighted by Gasteiger charge is -2.36. The highest BCUT2D eigenvalue weighted by Gasteiger charge is 2.49. The van der Waals surface area contributed by atoms with Crippen LogP contribution in [-0.4, -0.2) is 19.1 Å². The van der Waals surface area contributed by atoms with Gasteiger partial charge in [-0.25, -0.2) is 0 Å². The molecule has 5 heteroatoms. The number of aromatic nitrogens is 1. The van der Waals surface area contributed by atoms with E-state index in [0.29, 0.717) is 12.0 Å². The van der Waals surface area contributed by atoms with E-state index in [9.17, 15) is 13.2 Å². The molecule has 0 N–H and O–H groups in total. The van der Waals surface area contributed by atoms with E-state index in [1.54, 1.807) is 26.4 Å². The molecule has 0 saturated heterocycles. The van der Waals surface area contributed by atoms with Crippen molar-refractivity contribution in [1.29, 1.82) is 0 Å². The zero-order valence-corrected chi connectivity index (χ0v) is 17.2. The van der Waals surface area contributed by atoms with Gasteiger partial charge in [-0.15, -0.1) is 0 Å². The SMILES string of the molecule is CN(C)c1ccc(C(Cc2ccccc2)(c2ccccn2)C2CC2)cc1C(F)(F)F. The number of hydrogen-bond donors (Lipinski definition) is 0. The molecule has 3 aromatic rings. The molecule has 1 aromatic heterocycles. The van der Waals surface area contributed by atoms with Crippen molar-refractivity contribution in [2.75, 3.05) is 19.0 Å². The Morgan fingerprint density at radius 3 is 2.20 bits per heavy atom. The third kappa shape index (κ3) is 3.81. The maximum absolute atomic E-state index is 14.0. The van der Waals surface area contributed by atoms with Crippen LogP contribution in [0.3, 0.4) is 0 Å². The number of anilines is 1. The third-order valence-electron chi connectivity index (χ3n) is 6.02. The number of pyridine rings is 1. The fraction of sp³-hybridized carbons (Fsp3) is 0.320. The zero-order chi connectivity index (χ0) is 21.4. The Bertz CT molecular complexity index is 996. The van der Waals surface area contributed by atoms with Gasteiger partial charge in [-0.05, 0) is 60.6 Å². The number of nitrogens with zero attached hydrogens (tertiary/aromatic N) is 2. The van der Waals surface area contributed by atoms with E-state index in [0.717, 1.165) is 24.1 Å². The molecule has 0 radical (unpaired) electrons. The molecule has 1 heterocycles. The Labute approximate surface area is 175 Å². The first-order valence-electron chi connectivity index (χ1n) is 10.2. The van der Waals surface area contributed by atoms with E-state index in [-0.39, 0.29) is 11.6 Å². The number of benzene rings is 2. The van der Waals surface area contributed by atoms with Crippen LogP contribution >= 0.6 is 0 Å². The van der Waals surface area contributed by atoms with E-state index >= 15 is 0 Å². The summed E-state index contributed by atoms with van der Waals surface area (Å²) in [6.45, 7) is 0. The number of alkyl halides is 3. The molecule has 2 nitrogen and oxygen atoms in total. The molecule has 4 rings (SSSR count). The molecule has 0 spiro atoms. The van der Waals surface area contributed by atoms with Gasteiger partial charge >= 0.3 is 6.18 Å². The van der Waals surface area contributed by atoms with Crippen molar-refractivity contribution in [3.05, 3.63) is 95.3 Å². The van der Waals surface area contributed by atoms with Crippen LogP contribution in [0.15, 0.2) is 72.9 Å². The Morgan fingerprint density at radius 1 is 0.933 bits per heavy atom. The van der Waals surface area contributed by atoms with Crippen molar-refractivity contribution in [1.82, 2.24) is 4.98 Å². The molecule has 1 aliphatic carbocycles. The molecule has 0 amide bonds. The topological polar surface area (TPSA) is 16.1 Å². The van der Waals surface area contributed by atoms with Crippen molar-refractivity contribution in [2.45, 2.75) is 30.9 Å². The molecule has 0 aliphatic heterocycles. The van der Waals surface area contributed by atoms with Crippen LogP contribution in [-0.2, 0) is 18.0 Å². The molecule has 1 unspecified atom stereocenters. The summed E-state index contributed by atoms with van der Waals surface area (Å²) in [6.07, 6.45) is -0.105. The quantitative estimate of drug-likeness (QED) is 0.488. The predicted octanol–water partition coefficient (Wildman–Crippen LogP) is 6.11. The fourth-order valence-electron chi connectivity index (χ4n) is 4.48. The summed E-state index contributed by atoms with van der Waals surface area (Å²) < 4.78 is 41.9. The van der Waals surface area contributed by atoms with Crippen LogP contribution in [0.2, 0.25) is 0 Å². The second-order valence-corrected chi connectivity index (χ2v) is 8.25. The minimum absolute atomic E-state index is 0.177. The summed E-state index contributed by atoms with van der Waals surface area (Å²) in [5.41, 5.74) is 1.61. The summed E-state index contributed by atoms with van der Waals surface area (Å²) >= 11 is 0. The van der Waals surface area contributed by atoms with Crippen LogP contribution in [0.4, 0.5) is 18.9 Å². The smallest absolute Gasteiger partial charge is 0.377 e. The van der Waals surface area contributed by atoms with E-state index in [2.05, 4.69) is 4.98 Å². The minimum Gasteiger partial charge on any atom is -0.377 e. The van der Waals surface area contributed by atoms with Gasteiger partial charge < -0.3 is 4.90 Å². The molecule has 2 aromatic carbocycles. The minimum atomic E-state index is -4.43. The lowest BCUT2D eigenvalue weighted by molar-refractivity contribution is -0.137. The molecular weight excluding hydrogens is 385 g/mol. The van der Waals surface area contributed by atoms with E-state index in [1.165, 1.54) is 11.0 Å². The molecule has 30 heavy (non-hydrogen) atoms. The summed E-state index contributed by atoms with van der Waals surface area (Å²) in [4.78, 5) is 6.16. The summed E-state index contributed by atoms with van der Waals surface area (Å²) in [5, 5.41) is 0. The van der Waals surface area contributed by atoms with Crippen molar-refractivity contribution < 1.29 is 13.2 Å². The van der Waals surface area contributed by atoms with Gasteiger partial charge in [-0.1, -0.05) is 42.5 Å². The van der Waals surface area contributed by atoms with Gasteiger partial charge in [0.1, 0.15) is 0 Å². The van der Waals surface area contributed by atoms with Gasteiger partial charge in [0, 0.05) is 31.4 Å². The van der Waals surface area contributed by atoms with Gasteiger partial charge in [-0.3, -0.25) is 4.98 Å². The second-order valence-electron chi connectivity index (χ2n) is 8.25. The molecule has 1 atom stereocenters. The molecular formula is C25H25F3N2. The molecule has 156 valence electrons. The van der Waals surface area contributed by atoms with Gasteiger partial charge in [0.05, 0.1) is 11.3 Å². The van der Waals surface area contributed by atoms with Crippen molar-refractivity contribution >= 4 is 5.69 Å².